The number of hydrogen-bond donors (Lipinski definition) is 1. The molecule has 0 fully saturated rings. The highest BCUT2D eigenvalue weighted by atomic mass is 32.2. The highest BCUT2D eigenvalue weighted by molar-refractivity contribution is 7.98. The van der Waals surface area contributed by atoms with Crippen molar-refractivity contribution in [2.75, 3.05) is 18.6 Å². The Labute approximate surface area is 89.7 Å². The lowest BCUT2D eigenvalue weighted by atomic mass is 10.2. The van der Waals surface area contributed by atoms with Crippen LogP contribution in [0.3, 0.4) is 0 Å². The van der Waals surface area contributed by atoms with E-state index in [0.717, 1.165) is 24.6 Å². The lowest BCUT2D eigenvalue weighted by Gasteiger charge is -2.10. The van der Waals surface area contributed by atoms with Crippen molar-refractivity contribution in [2.24, 2.45) is 5.92 Å². The first-order valence-corrected chi connectivity index (χ1v) is 6.16. The van der Waals surface area contributed by atoms with E-state index in [0.29, 0.717) is 0 Å². The molecule has 0 amide bonds. The Morgan fingerprint density at radius 3 is 2.79 bits per heavy atom. The van der Waals surface area contributed by atoms with E-state index in [9.17, 15) is 0 Å². The Balaban J connectivity index is 2.16. The fraction of sp³-hybridized carbons (Fsp3) is 0.600. The first-order valence-electron chi connectivity index (χ1n) is 4.76. The van der Waals surface area contributed by atoms with Gasteiger partial charge in [0.1, 0.15) is 6.33 Å². The number of thioether (sulfide) groups is 1. The van der Waals surface area contributed by atoms with Gasteiger partial charge in [-0.1, -0.05) is 6.92 Å². The predicted molar refractivity (Wildman–Crippen MR) is 61.3 cm³/mol. The number of aromatic nitrogens is 2. The Bertz CT molecular complexity index is 240. The maximum absolute atomic E-state index is 3.96. The van der Waals surface area contributed by atoms with Crippen LogP contribution in [0.2, 0.25) is 0 Å². The maximum Gasteiger partial charge on any atom is 0.115 e. The summed E-state index contributed by atoms with van der Waals surface area (Å²) < 4.78 is 0. The summed E-state index contributed by atoms with van der Waals surface area (Å²) in [5.41, 5.74) is 1.14. The zero-order valence-electron chi connectivity index (χ0n) is 8.73. The molecular formula is C10H17N3S. The highest BCUT2D eigenvalue weighted by Crippen LogP contribution is 2.03. The second kappa shape index (κ2) is 6.79. The second-order valence-electron chi connectivity index (χ2n) is 3.44. The molecule has 3 nitrogen and oxygen atoms in total. The van der Waals surface area contributed by atoms with Crippen molar-refractivity contribution in [3.63, 3.8) is 0 Å². The molecular weight excluding hydrogens is 194 g/mol. The van der Waals surface area contributed by atoms with Crippen LogP contribution >= 0.6 is 11.8 Å². The van der Waals surface area contributed by atoms with E-state index in [4.69, 9.17) is 0 Å². The summed E-state index contributed by atoms with van der Waals surface area (Å²) in [4.78, 5) is 7.93. The summed E-state index contributed by atoms with van der Waals surface area (Å²) in [7, 11) is 0. The van der Waals surface area contributed by atoms with E-state index >= 15 is 0 Å². The van der Waals surface area contributed by atoms with Gasteiger partial charge in [0, 0.05) is 24.5 Å². The van der Waals surface area contributed by atoms with Gasteiger partial charge in [-0.25, -0.2) is 9.97 Å². The average molecular weight is 211 g/mol. The molecule has 0 aliphatic heterocycles. The fourth-order valence-electron chi connectivity index (χ4n) is 1.23. The monoisotopic (exact) mass is 211 g/mol. The van der Waals surface area contributed by atoms with Gasteiger partial charge in [0.05, 0.1) is 0 Å². The van der Waals surface area contributed by atoms with E-state index in [1.54, 1.807) is 6.33 Å². The topological polar surface area (TPSA) is 37.8 Å². The first-order chi connectivity index (χ1) is 6.83. The molecule has 0 bridgehead atoms. The van der Waals surface area contributed by atoms with Crippen LogP contribution in [-0.4, -0.2) is 28.5 Å². The Morgan fingerprint density at radius 2 is 2.14 bits per heavy atom. The summed E-state index contributed by atoms with van der Waals surface area (Å²) in [5.74, 6) is 1.92. The molecule has 0 radical (unpaired) electrons. The molecule has 0 spiro atoms. The van der Waals surface area contributed by atoms with Crippen molar-refractivity contribution in [1.82, 2.24) is 15.3 Å². The second-order valence-corrected chi connectivity index (χ2v) is 4.35. The minimum absolute atomic E-state index is 0.717. The van der Waals surface area contributed by atoms with Gasteiger partial charge < -0.3 is 5.32 Å². The number of nitrogens with zero attached hydrogens (tertiary/aromatic N) is 2. The van der Waals surface area contributed by atoms with Crippen LogP contribution in [0.25, 0.3) is 0 Å². The van der Waals surface area contributed by atoms with E-state index in [1.807, 2.05) is 24.2 Å². The summed E-state index contributed by atoms with van der Waals surface area (Å²) in [6.45, 7) is 4.17. The SMILES string of the molecule is CSCC(C)CNCc1cncnc1. The third kappa shape index (κ3) is 4.58. The van der Waals surface area contributed by atoms with Crippen molar-refractivity contribution in [1.29, 1.82) is 0 Å². The Kier molecular flexibility index (Phi) is 5.56. The standard InChI is InChI=1S/C10H17N3S/c1-9(7-14-2)3-11-4-10-5-12-8-13-6-10/h5-6,8-9,11H,3-4,7H2,1-2H3. The van der Waals surface area contributed by atoms with Crippen molar-refractivity contribution in [3.8, 4) is 0 Å². The van der Waals surface area contributed by atoms with Gasteiger partial charge in [0.15, 0.2) is 0 Å². The minimum atomic E-state index is 0.717. The van der Waals surface area contributed by atoms with Gasteiger partial charge in [0.25, 0.3) is 0 Å². The van der Waals surface area contributed by atoms with Gasteiger partial charge in [0.2, 0.25) is 0 Å². The summed E-state index contributed by atoms with van der Waals surface area (Å²) in [5, 5.41) is 3.39. The summed E-state index contributed by atoms with van der Waals surface area (Å²) in [6.07, 6.45) is 7.39. The van der Waals surface area contributed by atoms with Crippen molar-refractivity contribution in [3.05, 3.63) is 24.3 Å². The Morgan fingerprint density at radius 1 is 1.43 bits per heavy atom. The smallest absolute Gasteiger partial charge is 0.115 e. The molecule has 0 aromatic carbocycles. The van der Waals surface area contributed by atoms with Crippen LogP contribution in [0.1, 0.15) is 12.5 Å². The molecule has 1 N–H and O–H groups in total. The van der Waals surface area contributed by atoms with Crippen LogP contribution in [0, 0.1) is 5.92 Å². The molecule has 1 aromatic heterocycles. The quantitative estimate of drug-likeness (QED) is 0.775. The van der Waals surface area contributed by atoms with Crippen molar-refractivity contribution < 1.29 is 0 Å². The zero-order chi connectivity index (χ0) is 10.2. The lowest BCUT2D eigenvalue weighted by Crippen LogP contribution is -2.22. The van der Waals surface area contributed by atoms with Crippen LogP contribution in [0.5, 0.6) is 0 Å². The fourth-order valence-corrected chi connectivity index (χ4v) is 1.91. The van der Waals surface area contributed by atoms with Crippen molar-refractivity contribution in [2.45, 2.75) is 13.5 Å². The largest absolute Gasteiger partial charge is 0.312 e. The van der Waals surface area contributed by atoms with Gasteiger partial charge in [-0.3, -0.25) is 0 Å². The molecule has 0 aliphatic carbocycles. The zero-order valence-corrected chi connectivity index (χ0v) is 9.55. The highest BCUT2D eigenvalue weighted by Gasteiger charge is 1.99. The molecule has 0 aliphatic rings. The molecule has 1 unspecified atom stereocenters. The van der Waals surface area contributed by atoms with Gasteiger partial charge >= 0.3 is 0 Å². The molecule has 1 aromatic rings. The minimum Gasteiger partial charge on any atom is -0.312 e. The molecule has 1 rings (SSSR count). The van der Waals surface area contributed by atoms with E-state index in [1.165, 1.54) is 5.75 Å². The Hall–Kier alpha value is -0.610. The molecule has 4 heteroatoms. The molecule has 0 saturated carbocycles. The van der Waals surface area contributed by atoms with Crippen LogP contribution in [-0.2, 0) is 6.54 Å². The van der Waals surface area contributed by atoms with Crippen LogP contribution in [0.15, 0.2) is 18.7 Å². The van der Waals surface area contributed by atoms with E-state index in [-0.39, 0.29) is 0 Å². The number of rotatable bonds is 6. The molecule has 1 atom stereocenters. The molecule has 1 heterocycles. The summed E-state index contributed by atoms with van der Waals surface area (Å²) in [6, 6.07) is 0. The molecule has 14 heavy (non-hydrogen) atoms. The van der Waals surface area contributed by atoms with Crippen LogP contribution in [0.4, 0.5) is 0 Å². The third-order valence-electron chi connectivity index (χ3n) is 1.89. The van der Waals surface area contributed by atoms with Gasteiger partial charge in [-0.05, 0) is 24.5 Å². The predicted octanol–water partition coefficient (Wildman–Crippen LogP) is 1.57. The number of nitrogens with one attached hydrogen (secondary N) is 1. The van der Waals surface area contributed by atoms with Gasteiger partial charge in [-0.2, -0.15) is 11.8 Å². The summed E-state index contributed by atoms with van der Waals surface area (Å²) >= 11 is 1.89. The van der Waals surface area contributed by atoms with Crippen molar-refractivity contribution >= 4 is 11.8 Å². The van der Waals surface area contributed by atoms with Gasteiger partial charge in [-0.15, -0.1) is 0 Å². The van der Waals surface area contributed by atoms with E-state index < -0.39 is 0 Å². The maximum atomic E-state index is 3.96. The molecule has 0 saturated heterocycles. The lowest BCUT2D eigenvalue weighted by molar-refractivity contribution is 0.558. The van der Waals surface area contributed by atoms with E-state index in [2.05, 4.69) is 28.5 Å². The third-order valence-corrected chi connectivity index (χ3v) is 2.79. The normalized spacial score (nSPS) is 12.7. The molecule has 78 valence electrons. The number of hydrogen-bond acceptors (Lipinski definition) is 4. The average Bonchev–Trinajstić information content (AvgIpc) is 2.20. The first kappa shape index (κ1) is 11.5. The van der Waals surface area contributed by atoms with Crippen LogP contribution < -0.4 is 5.32 Å².